The molecule has 0 radical (unpaired) electrons. The summed E-state index contributed by atoms with van der Waals surface area (Å²) in [5.74, 6) is 0.698. The maximum atomic E-state index is 5.86. The van der Waals surface area contributed by atoms with Gasteiger partial charge in [-0.15, -0.1) is 0 Å². The molecule has 1 aromatic heterocycles. The molecule has 1 unspecified atom stereocenters. The Kier molecular flexibility index (Phi) is 2.82. The standard InChI is InChI=1S/C15H14N2O/c16-10-12(11-6-2-1-3-7-11)15-17-13-8-4-5-9-14(13)18-15/h1-9,12H,10,16H2. The van der Waals surface area contributed by atoms with E-state index in [-0.39, 0.29) is 5.92 Å². The Morgan fingerprint density at radius 1 is 1.00 bits per heavy atom. The number of nitrogens with zero attached hydrogens (tertiary/aromatic N) is 1. The van der Waals surface area contributed by atoms with Crippen LogP contribution in [-0.2, 0) is 0 Å². The summed E-state index contributed by atoms with van der Waals surface area (Å²) in [5, 5.41) is 0. The number of oxazole rings is 1. The third-order valence-electron chi connectivity index (χ3n) is 3.05. The molecule has 0 bridgehead atoms. The lowest BCUT2D eigenvalue weighted by Gasteiger charge is -2.10. The predicted octanol–water partition coefficient (Wildman–Crippen LogP) is 2.92. The number of rotatable bonds is 3. The average molecular weight is 238 g/mol. The van der Waals surface area contributed by atoms with Gasteiger partial charge in [0.05, 0.1) is 5.92 Å². The molecule has 3 rings (SSSR count). The van der Waals surface area contributed by atoms with Crippen LogP contribution in [0.15, 0.2) is 59.0 Å². The fourth-order valence-electron chi connectivity index (χ4n) is 2.10. The Morgan fingerprint density at radius 2 is 1.72 bits per heavy atom. The van der Waals surface area contributed by atoms with E-state index >= 15 is 0 Å². The minimum atomic E-state index is 0.0126. The van der Waals surface area contributed by atoms with Gasteiger partial charge in [-0.25, -0.2) is 4.98 Å². The third-order valence-corrected chi connectivity index (χ3v) is 3.05. The fourth-order valence-corrected chi connectivity index (χ4v) is 2.10. The minimum Gasteiger partial charge on any atom is -0.440 e. The van der Waals surface area contributed by atoms with Crippen LogP contribution in [0, 0.1) is 0 Å². The van der Waals surface area contributed by atoms with E-state index in [4.69, 9.17) is 10.2 Å². The Bertz CT molecular complexity index is 613. The molecule has 1 atom stereocenters. The number of hydrogen-bond donors (Lipinski definition) is 1. The average Bonchev–Trinajstić information content (AvgIpc) is 2.84. The van der Waals surface area contributed by atoms with Crippen LogP contribution >= 0.6 is 0 Å². The van der Waals surface area contributed by atoms with Crippen molar-refractivity contribution in [2.24, 2.45) is 5.73 Å². The van der Waals surface area contributed by atoms with Crippen LogP contribution in [0.2, 0.25) is 0 Å². The van der Waals surface area contributed by atoms with E-state index in [1.165, 1.54) is 0 Å². The molecule has 0 aliphatic carbocycles. The molecule has 3 aromatic rings. The molecule has 0 aliphatic heterocycles. The Hall–Kier alpha value is -2.13. The summed E-state index contributed by atoms with van der Waals surface area (Å²) in [5.41, 5.74) is 8.67. The summed E-state index contributed by atoms with van der Waals surface area (Å²) in [6.45, 7) is 0.483. The Balaban J connectivity index is 2.06. The van der Waals surface area contributed by atoms with Crippen LogP contribution in [0.1, 0.15) is 17.4 Å². The molecule has 0 saturated carbocycles. The van der Waals surface area contributed by atoms with Gasteiger partial charge in [-0.05, 0) is 17.7 Å². The molecular formula is C15H14N2O. The van der Waals surface area contributed by atoms with Gasteiger partial charge in [0.2, 0.25) is 5.89 Å². The second kappa shape index (κ2) is 4.63. The lowest BCUT2D eigenvalue weighted by atomic mass is 9.99. The summed E-state index contributed by atoms with van der Waals surface area (Å²) >= 11 is 0. The normalized spacial score (nSPS) is 12.7. The monoisotopic (exact) mass is 238 g/mol. The molecule has 2 aromatic carbocycles. The van der Waals surface area contributed by atoms with Crippen LogP contribution < -0.4 is 5.73 Å². The highest BCUT2D eigenvalue weighted by atomic mass is 16.3. The number of benzene rings is 2. The first kappa shape index (κ1) is 11.0. The molecule has 0 fully saturated rings. The van der Waals surface area contributed by atoms with Crippen LogP contribution in [-0.4, -0.2) is 11.5 Å². The van der Waals surface area contributed by atoms with Gasteiger partial charge in [0.25, 0.3) is 0 Å². The first-order valence-corrected chi connectivity index (χ1v) is 5.99. The van der Waals surface area contributed by atoms with Crippen molar-refractivity contribution in [3.8, 4) is 0 Å². The molecule has 2 N–H and O–H groups in total. The molecule has 90 valence electrons. The zero-order valence-electron chi connectivity index (χ0n) is 9.91. The van der Waals surface area contributed by atoms with Crippen molar-refractivity contribution in [1.29, 1.82) is 0 Å². The Labute approximate surface area is 105 Å². The van der Waals surface area contributed by atoms with Gasteiger partial charge in [-0.1, -0.05) is 42.5 Å². The van der Waals surface area contributed by atoms with Crippen LogP contribution in [0.5, 0.6) is 0 Å². The number of aromatic nitrogens is 1. The Morgan fingerprint density at radius 3 is 2.44 bits per heavy atom. The van der Waals surface area contributed by atoms with Gasteiger partial charge in [-0.2, -0.15) is 0 Å². The highest BCUT2D eigenvalue weighted by Crippen LogP contribution is 2.26. The highest BCUT2D eigenvalue weighted by Gasteiger charge is 2.18. The fraction of sp³-hybridized carbons (Fsp3) is 0.133. The SMILES string of the molecule is NCC(c1ccccc1)c1nc2ccccc2o1. The molecule has 0 amide bonds. The van der Waals surface area contributed by atoms with E-state index in [0.717, 1.165) is 16.7 Å². The zero-order chi connectivity index (χ0) is 12.4. The lowest BCUT2D eigenvalue weighted by molar-refractivity contribution is 0.502. The lowest BCUT2D eigenvalue weighted by Crippen LogP contribution is -2.14. The van der Waals surface area contributed by atoms with Gasteiger partial charge in [0, 0.05) is 6.54 Å². The number of para-hydroxylation sites is 2. The third kappa shape index (κ3) is 1.89. The topological polar surface area (TPSA) is 52.0 Å². The summed E-state index contributed by atoms with van der Waals surface area (Å²) in [7, 11) is 0. The minimum absolute atomic E-state index is 0.0126. The molecule has 3 nitrogen and oxygen atoms in total. The van der Waals surface area contributed by atoms with E-state index in [0.29, 0.717) is 12.4 Å². The van der Waals surface area contributed by atoms with Gasteiger partial charge in [0.1, 0.15) is 5.52 Å². The van der Waals surface area contributed by atoms with E-state index < -0.39 is 0 Å². The molecular weight excluding hydrogens is 224 g/mol. The predicted molar refractivity (Wildman–Crippen MR) is 71.3 cm³/mol. The van der Waals surface area contributed by atoms with Crippen LogP contribution in [0.3, 0.4) is 0 Å². The van der Waals surface area contributed by atoms with Gasteiger partial charge in [-0.3, -0.25) is 0 Å². The zero-order valence-corrected chi connectivity index (χ0v) is 9.91. The first-order valence-electron chi connectivity index (χ1n) is 5.99. The molecule has 0 aliphatic rings. The summed E-state index contributed by atoms with van der Waals surface area (Å²) < 4.78 is 5.78. The smallest absolute Gasteiger partial charge is 0.204 e. The van der Waals surface area contributed by atoms with Crippen molar-refractivity contribution in [2.45, 2.75) is 5.92 Å². The number of hydrogen-bond acceptors (Lipinski definition) is 3. The largest absolute Gasteiger partial charge is 0.440 e. The summed E-state index contributed by atoms with van der Waals surface area (Å²) in [4.78, 5) is 4.51. The molecule has 1 heterocycles. The molecule has 0 spiro atoms. The van der Waals surface area contributed by atoms with E-state index in [1.54, 1.807) is 0 Å². The quantitative estimate of drug-likeness (QED) is 0.763. The van der Waals surface area contributed by atoms with Gasteiger partial charge < -0.3 is 10.2 Å². The second-order valence-electron chi connectivity index (χ2n) is 4.22. The van der Waals surface area contributed by atoms with Crippen molar-refractivity contribution in [3.63, 3.8) is 0 Å². The number of nitrogens with two attached hydrogens (primary N) is 1. The van der Waals surface area contributed by atoms with E-state index in [1.807, 2.05) is 54.6 Å². The molecule has 18 heavy (non-hydrogen) atoms. The maximum Gasteiger partial charge on any atom is 0.204 e. The van der Waals surface area contributed by atoms with Crippen LogP contribution in [0.4, 0.5) is 0 Å². The maximum absolute atomic E-state index is 5.86. The van der Waals surface area contributed by atoms with Crippen molar-refractivity contribution in [3.05, 3.63) is 66.1 Å². The van der Waals surface area contributed by atoms with Gasteiger partial charge >= 0.3 is 0 Å². The van der Waals surface area contributed by atoms with Gasteiger partial charge in [0.15, 0.2) is 5.58 Å². The molecule has 0 saturated heterocycles. The van der Waals surface area contributed by atoms with Crippen molar-refractivity contribution in [1.82, 2.24) is 4.98 Å². The van der Waals surface area contributed by atoms with Crippen molar-refractivity contribution < 1.29 is 4.42 Å². The van der Waals surface area contributed by atoms with Crippen molar-refractivity contribution >= 4 is 11.1 Å². The second-order valence-corrected chi connectivity index (χ2v) is 4.22. The van der Waals surface area contributed by atoms with E-state index in [2.05, 4.69) is 4.98 Å². The van der Waals surface area contributed by atoms with Crippen LogP contribution in [0.25, 0.3) is 11.1 Å². The van der Waals surface area contributed by atoms with E-state index in [9.17, 15) is 0 Å². The van der Waals surface area contributed by atoms with Crippen molar-refractivity contribution in [2.75, 3.05) is 6.54 Å². The summed E-state index contributed by atoms with van der Waals surface area (Å²) in [6.07, 6.45) is 0. The number of fused-ring (bicyclic) bond motifs is 1. The summed E-state index contributed by atoms with van der Waals surface area (Å²) in [6, 6.07) is 17.8. The first-order chi connectivity index (χ1) is 8.88. The highest BCUT2D eigenvalue weighted by molar-refractivity contribution is 5.72. The molecule has 3 heteroatoms.